The van der Waals surface area contributed by atoms with Crippen molar-refractivity contribution < 1.29 is 0 Å². The van der Waals surface area contributed by atoms with E-state index in [2.05, 4.69) is 18.7 Å². The summed E-state index contributed by atoms with van der Waals surface area (Å²) < 4.78 is 0. The lowest BCUT2D eigenvalue weighted by molar-refractivity contribution is 0.218. The molecule has 1 atom stereocenters. The highest BCUT2D eigenvalue weighted by Gasteiger charge is 2.25. The normalized spacial score (nSPS) is 26.7. The Kier molecular flexibility index (Phi) is 3.67. The first-order valence-corrected chi connectivity index (χ1v) is 5.09. The predicted octanol–water partition coefficient (Wildman–Crippen LogP) is 2.35. The third-order valence-corrected chi connectivity index (χ3v) is 2.72. The van der Waals surface area contributed by atoms with Crippen LogP contribution in [0.4, 0.5) is 0 Å². The SMILES string of the molecule is CC(C)C1CCCN1CCCl. The minimum atomic E-state index is 0.781. The summed E-state index contributed by atoms with van der Waals surface area (Å²) >= 11 is 5.71. The van der Waals surface area contributed by atoms with Crippen molar-refractivity contribution in [3.05, 3.63) is 0 Å². The Hall–Kier alpha value is 0.250. The van der Waals surface area contributed by atoms with Crippen LogP contribution < -0.4 is 0 Å². The molecule has 0 amide bonds. The van der Waals surface area contributed by atoms with Gasteiger partial charge in [0.15, 0.2) is 0 Å². The van der Waals surface area contributed by atoms with E-state index in [-0.39, 0.29) is 0 Å². The van der Waals surface area contributed by atoms with Crippen molar-refractivity contribution in [3.8, 4) is 0 Å². The first-order chi connectivity index (χ1) is 5.25. The van der Waals surface area contributed by atoms with Crippen molar-refractivity contribution >= 4 is 11.6 Å². The topological polar surface area (TPSA) is 3.24 Å². The molecule has 0 spiro atoms. The molecule has 1 heterocycles. The van der Waals surface area contributed by atoms with Gasteiger partial charge in [0, 0.05) is 18.5 Å². The van der Waals surface area contributed by atoms with Gasteiger partial charge in [-0.3, -0.25) is 4.90 Å². The Labute approximate surface area is 74.7 Å². The quantitative estimate of drug-likeness (QED) is 0.596. The van der Waals surface area contributed by atoms with E-state index in [9.17, 15) is 0 Å². The molecule has 0 saturated carbocycles. The zero-order valence-corrected chi connectivity index (χ0v) is 8.27. The summed E-state index contributed by atoms with van der Waals surface area (Å²) in [7, 11) is 0. The molecule has 0 radical (unpaired) electrons. The van der Waals surface area contributed by atoms with Crippen molar-refractivity contribution in [1.29, 1.82) is 0 Å². The molecule has 1 fully saturated rings. The first kappa shape index (κ1) is 9.34. The maximum absolute atomic E-state index is 5.71. The molecule has 0 aliphatic carbocycles. The Morgan fingerprint density at radius 2 is 2.27 bits per heavy atom. The molecule has 1 unspecified atom stereocenters. The highest BCUT2D eigenvalue weighted by Crippen LogP contribution is 2.22. The molecule has 1 nitrogen and oxygen atoms in total. The van der Waals surface area contributed by atoms with Crippen molar-refractivity contribution in [2.24, 2.45) is 5.92 Å². The largest absolute Gasteiger partial charge is 0.299 e. The van der Waals surface area contributed by atoms with Crippen LogP contribution in [-0.4, -0.2) is 29.9 Å². The van der Waals surface area contributed by atoms with Crippen LogP contribution in [0.15, 0.2) is 0 Å². The fourth-order valence-corrected chi connectivity index (χ4v) is 2.21. The maximum atomic E-state index is 5.71. The Morgan fingerprint density at radius 1 is 1.55 bits per heavy atom. The molecule has 1 saturated heterocycles. The van der Waals surface area contributed by atoms with Crippen molar-refractivity contribution in [2.75, 3.05) is 19.0 Å². The Balaban J connectivity index is 2.37. The van der Waals surface area contributed by atoms with Crippen LogP contribution in [-0.2, 0) is 0 Å². The number of rotatable bonds is 3. The summed E-state index contributed by atoms with van der Waals surface area (Å²) in [5.41, 5.74) is 0. The smallest absolute Gasteiger partial charge is 0.0351 e. The molecule has 0 aromatic carbocycles. The summed E-state index contributed by atoms with van der Waals surface area (Å²) in [4.78, 5) is 2.53. The van der Waals surface area contributed by atoms with E-state index in [1.165, 1.54) is 19.4 Å². The molecule has 2 heteroatoms. The predicted molar refractivity (Wildman–Crippen MR) is 50.2 cm³/mol. The van der Waals surface area contributed by atoms with E-state index in [4.69, 9.17) is 11.6 Å². The van der Waals surface area contributed by atoms with Crippen LogP contribution in [0, 0.1) is 5.92 Å². The molecular weight excluding hydrogens is 158 g/mol. The van der Waals surface area contributed by atoms with E-state index in [1.807, 2.05) is 0 Å². The van der Waals surface area contributed by atoms with Gasteiger partial charge in [-0.25, -0.2) is 0 Å². The van der Waals surface area contributed by atoms with E-state index >= 15 is 0 Å². The monoisotopic (exact) mass is 175 g/mol. The van der Waals surface area contributed by atoms with Crippen molar-refractivity contribution in [2.45, 2.75) is 32.7 Å². The van der Waals surface area contributed by atoms with Gasteiger partial charge in [0.05, 0.1) is 0 Å². The average molecular weight is 176 g/mol. The second kappa shape index (κ2) is 4.32. The van der Waals surface area contributed by atoms with Gasteiger partial charge in [-0.15, -0.1) is 11.6 Å². The molecule has 1 aliphatic heterocycles. The lowest BCUT2D eigenvalue weighted by Crippen LogP contribution is -2.34. The highest BCUT2D eigenvalue weighted by molar-refractivity contribution is 6.18. The molecule has 66 valence electrons. The van der Waals surface area contributed by atoms with Crippen LogP contribution in [0.1, 0.15) is 26.7 Å². The van der Waals surface area contributed by atoms with E-state index in [0.29, 0.717) is 0 Å². The number of alkyl halides is 1. The van der Waals surface area contributed by atoms with E-state index in [1.54, 1.807) is 0 Å². The fraction of sp³-hybridized carbons (Fsp3) is 1.00. The first-order valence-electron chi connectivity index (χ1n) is 4.55. The third kappa shape index (κ3) is 2.34. The molecule has 1 aliphatic rings. The van der Waals surface area contributed by atoms with Gasteiger partial charge in [0.1, 0.15) is 0 Å². The van der Waals surface area contributed by atoms with Crippen LogP contribution in [0.25, 0.3) is 0 Å². The summed E-state index contributed by atoms with van der Waals surface area (Å²) in [5, 5.41) is 0. The second-order valence-electron chi connectivity index (χ2n) is 3.68. The van der Waals surface area contributed by atoms with Crippen molar-refractivity contribution in [1.82, 2.24) is 4.90 Å². The Bertz CT molecular complexity index is 114. The number of nitrogens with zero attached hydrogens (tertiary/aromatic N) is 1. The summed E-state index contributed by atoms with van der Waals surface area (Å²) in [6, 6.07) is 0.800. The summed E-state index contributed by atoms with van der Waals surface area (Å²) in [6.45, 7) is 6.94. The van der Waals surface area contributed by atoms with Crippen LogP contribution >= 0.6 is 11.6 Å². The van der Waals surface area contributed by atoms with Gasteiger partial charge >= 0.3 is 0 Å². The van der Waals surface area contributed by atoms with Gasteiger partial charge in [-0.05, 0) is 25.3 Å². The average Bonchev–Trinajstić information content (AvgIpc) is 2.36. The number of halogens is 1. The second-order valence-corrected chi connectivity index (χ2v) is 4.06. The standard InChI is InChI=1S/C9H18ClN/c1-8(2)9-4-3-6-11(9)7-5-10/h8-9H,3-7H2,1-2H3. The zero-order chi connectivity index (χ0) is 8.27. The lowest BCUT2D eigenvalue weighted by atomic mass is 10.0. The molecular formula is C9H18ClN. The van der Waals surface area contributed by atoms with Crippen LogP contribution in [0.5, 0.6) is 0 Å². The van der Waals surface area contributed by atoms with Gasteiger partial charge in [-0.1, -0.05) is 13.8 Å². The van der Waals surface area contributed by atoms with Crippen LogP contribution in [0.3, 0.4) is 0 Å². The van der Waals surface area contributed by atoms with Gasteiger partial charge in [0.2, 0.25) is 0 Å². The maximum Gasteiger partial charge on any atom is 0.0351 e. The molecule has 0 N–H and O–H groups in total. The molecule has 0 aromatic heterocycles. The summed E-state index contributed by atoms with van der Waals surface area (Å²) in [6.07, 6.45) is 2.73. The van der Waals surface area contributed by atoms with Gasteiger partial charge < -0.3 is 0 Å². The highest BCUT2D eigenvalue weighted by atomic mass is 35.5. The number of hydrogen-bond donors (Lipinski definition) is 0. The number of hydrogen-bond acceptors (Lipinski definition) is 1. The molecule has 0 aromatic rings. The molecule has 0 bridgehead atoms. The summed E-state index contributed by atoms with van der Waals surface area (Å²) in [5.74, 6) is 1.57. The van der Waals surface area contributed by atoms with Gasteiger partial charge in [-0.2, -0.15) is 0 Å². The third-order valence-electron chi connectivity index (χ3n) is 2.56. The van der Waals surface area contributed by atoms with Gasteiger partial charge in [0.25, 0.3) is 0 Å². The molecule has 11 heavy (non-hydrogen) atoms. The Morgan fingerprint density at radius 3 is 2.82 bits per heavy atom. The minimum absolute atomic E-state index is 0.781. The van der Waals surface area contributed by atoms with Crippen molar-refractivity contribution in [3.63, 3.8) is 0 Å². The van der Waals surface area contributed by atoms with E-state index in [0.717, 1.165) is 24.4 Å². The fourth-order valence-electron chi connectivity index (χ4n) is 1.99. The zero-order valence-electron chi connectivity index (χ0n) is 7.52. The lowest BCUT2D eigenvalue weighted by Gasteiger charge is -2.26. The molecule has 1 rings (SSSR count). The van der Waals surface area contributed by atoms with Crippen LogP contribution in [0.2, 0.25) is 0 Å². The number of likely N-dealkylation sites (tertiary alicyclic amines) is 1. The minimum Gasteiger partial charge on any atom is -0.299 e. The van der Waals surface area contributed by atoms with E-state index < -0.39 is 0 Å².